The van der Waals surface area contributed by atoms with Gasteiger partial charge in [-0.25, -0.2) is 0 Å². The van der Waals surface area contributed by atoms with Crippen LogP contribution in [0.5, 0.6) is 0 Å². The number of ether oxygens (including phenoxy) is 1. The highest BCUT2D eigenvalue weighted by Crippen LogP contribution is 2.35. The normalized spacial score (nSPS) is 40.8. The summed E-state index contributed by atoms with van der Waals surface area (Å²) in [5.41, 5.74) is -0.704. The molecule has 0 spiro atoms. The van der Waals surface area contributed by atoms with Gasteiger partial charge < -0.3 is 9.84 Å². The van der Waals surface area contributed by atoms with Crippen LogP contribution in [0, 0.1) is 0 Å². The van der Waals surface area contributed by atoms with Crippen LogP contribution in [0.4, 0.5) is 0 Å². The Morgan fingerprint density at radius 2 is 2.08 bits per heavy atom. The summed E-state index contributed by atoms with van der Waals surface area (Å²) in [6.45, 7) is 9.58. The summed E-state index contributed by atoms with van der Waals surface area (Å²) in [7, 11) is 0. The molecule has 2 heteroatoms. The monoisotopic (exact) mass is 170 g/mol. The van der Waals surface area contributed by atoms with E-state index < -0.39 is 5.60 Å². The minimum absolute atomic E-state index is 0.261. The van der Waals surface area contributed by atoms with Crippen molar-refractivity contribution in [3.8, 4) is 0 Å². The van der Waals surface area contributed by atoms with Gasteiger partial charge in [0.2, 0.25) is 0 Å². The summed E-state index contributed by atoms with van der Waals surface area (Å²) in [4.78, 5) is 0. The molecule has 2 atom stereocenters. The van der Waals surface area contributed by atoms with Crippen LogP contribution in [0.3, 0.4) is 0 Å². The first kappa shape index (κ1) is 9.75. The molecule has 12 heavy (non-hydrogen) atoms. The van der Waals surface area contributed by atoms with Crippen molar-refractivity contribution >= 4 is 0 Å². The highest BCUT2D eigenvalue weighted by atomic mass is 16.5. The average Bonchev–Trinajstić information content (AvgIpc) is 1.97. The van der Waals surface area contributed by atoms with Gasteiger partial charge in [0.15, 0.2) is 0 Å². The number of rotatable bonds is 1. The first-order valence-electron chi connectivity index (χ1n) is 4.41. The molecule has 0 saturated carbocycles. The Morgan fingerprint density at radius 1 is 1.50 bits per heavy atom. The second-order valence-electron chi connectivity index (χ2n) is 4.28. The number of aliphatic hydroxyl groups excluding tert-OH is 1. The molecule has 1 saturated heterocycles. The molecule has 0 amide bonds. The van der Waals surface area contributed by atoms with Crippen LogP contribution in [-0.2, 0) is 4.74 Å². The predicted molar refractivity (Wildman–Crippen MR) is 49.0 cm³/mol. The Kier molecular flexibility index (Phi) is 2.32. The molecule has 1 fully saturated rings. The molecule has 0 aromatic carbocycles. The molecule has 0 aromatic heterocycles. The Morgan fingerprint density at radius 3 is 2.50 bits per heavy atom. The highest BCUT2D eigenvalue weighted by molar-refractivity contribution is 5.01. The lowest BCUT2D eigenvalue weighted by atomic mass is 9.86. The van der Waals surface area contributed by atoms with Crippen molar-refractivity contribution in [2.75, 3.05) is 0 Å². The van der Waals surface area contributed by atoms with Crippen LogP contribution in [0.25, 0.3) is 0 Å². The van der Waals surface area contributed by atoms with Crippen molar-refractivity contribution in [1.82, 2.24) is 0 Å². The van der Waals surface area contributed by atoms with Crippen molar-refractivity contribution in [3.63, 3.8) is 0 Å². The molecular weight excluding hydrogens is 152 g/mol. The van der Waals surface area contributed by atoms with Gasteiger partial charge in [-0.15, -0.1) is 6.58 Å². The highest BCUT2D eigenvalue weighted by Gasteiger charge is 2.41. The lowest BCUT2D eigenvalue weighted by Gasteiger charge is -2.44. The molecule has 2 nitrogen and oxygen atoms in total. The average molecular weight is 170 g/mol. The smallest absolute Gasteiger partial charge is 0.0895 e. The van der Waals surface area contributed by atoms with E-state index >= 15 is 0 Å². The van der Waals surface area contributed by atoms with Crippen LogP contribution >= 0.6 is 0 Å². The van der Waals surface area contributed by atoms with E-state index in [1.54, 1.807) is 0 Å². The first-order valence-corrected chi connectivity index (χ1v) is 4.41. The molecule has 1 heterocycles. The minimum Gasteiger partial charge on any atom is -0.390 e. The number of hydrogen-bond donors (Lipinski definition) is 1. The predicted octanol–water partition coefficient (Wildman–Crippen LogP) is 1.88. The van der Waals surface area contributed by atoms with Gasteiger partial charge in [-0.2, -0.15) is 0 Å². The maximum Gasteiger partial charge on any atom is 0.0895 e. The molecule has 70 valence electrons. The molecule has 0 aliphatic carbocycles. The van der Waals surface area contributed by atoms with Gasteiger partial charge in [-0.05, 0) is 33.6 Å². The van der Waals surface area contributed by atoms with Gasteiger partial charge in [-0.3, -0.25) is 0 Å². The summed E-state index contributed by atoms with van der Waals surface area (Å²) in [5, 5.41) is 9.61. The van der Waals surface area contributed by atoms with Crippen molar-refractivity contribution in [2.45, 2.75) is 50.9 Å². The summed E-state index contributed by atoms with van der Waals surface area (Å²) in [5.74, 6) is 0. The molecule has 0 bridgehead atoms. The molecule has 1 N–H and O–H groups in total. The van der Waals surface area contributed by atoms with Gasteiger partial charge in [-0.1, -0.05) is 6.08 Å². The fourth-order valence-corrected chi connectivity index (χ4v) is 1.63. The third kappa shape index (κ3) is 1.70. The largest absolute Gasteiger partial charge is 0.390 e. The molecule has 2 unspecified atom stereocenters. The van der Waals surface area contributed by atoms with E-state index in [0.717, 1.165) is 12.8 Å². The van der Waals surface area contributed by atoms with E-state index in [1.165, 1.54) is 0 Å². The summed E-state index contributed by atoms with van der Waals surface area (Å²) in [6.07, 6.45) is 3.10. The molecule has 0 aromatic rings. The maximum atomic E-state index is 9.61. The fraction of sp³-hybridized carbons (Fsp3) is 0.800. The molecule has 1 aliphatic rings. The Hall–Kier alpha value is -0.340. The fourth-order valence-electron chi connectivity index (χ4n) is 1.63. The molecule has 1 rings (SSSR count). The third-order valence-electron chi connectivity index (χ3n) is 2.64. The zero-order chi connectivity index (χ0) is 9.41. The SMILES string of the molecule is C=CC1(C)CCC(O)C(C)(C)O1. The lowest BCUT2D eigenvalue weighted by Crippen LogP contribution is -2.51. The quantitative estimate of drug-likeness (QED) is 0.609. The van der Waals surface area contributed by atoms with E-state index in [-0.39, 0.29) is 11.7 Å². The lowest BCUT2D eigenvalue weighted by molar-refractivity contribution is -0.195. The van der Waals surface area contributed by atoms with E-state index in [9.17, 15) is 5.11 Å². The van der Waals surface area contributed by atoms with Crippen molar-refractivity contribution in [1.29, 1.82) is 0 Å². The molecular formula is C10H18O2. The van der Waals surface area contributed by atoms with Crippen molar-refractivity contribution in [2.24, 2.45) is 0 Å². The van der Waals surface area contributed by atoms with E-state index in [1.807, 2.05) is 26.8 Å². The van der Waals surface area contributed by atoms with Gasteiger partial charge >= 0.3 is 0 Å². The van der Waals surface area contributed by atoms with E-state index in [0.29, 0.717) is 0 Å². The summed E-state index contributed by atoms with van der Waals surface area (Å²) in [6, 6.07) is 0. The zero-order valence-electron chi connectivity index (χ0n) is 8.13. The molecule has 0 radical (unpaired) electrons. The standard InChI is InChI=1S/C10H18O2/c1-5-10(4)7-6-8(11)9(2,3)12-10/h5,8,11H,1,6-7H2,2-4H3. The van der Waals surface area contributed by atoms with Crippen LogP contribution in [0.2, 0.25) is 0 Å². The Bertz CT molecular complexity index is 186. The van der Waals surface area contributed by atoms with Gasteiger partial charge in [0, 0.05) is 0 Å². The van der Waals surface area contributed by atoms with Gasteiger partial charge in [0.1, 0.15) is 0 Å². The van der Waals surface area contributed by atoms with Gasteiger partial charge in [0.25, 0.3) is 0 Å². The Labute approximate surface area is 74.2 Å². The van der Waals surface area contributed by atoms with Crippen LogP contribution in [0.1, 0.15) is 33.6 Å². The van der Waals surface area contributed by atoms with Crippen LogP contribution in [0.15, 0.2) is 12.7 Å². The molecule has 1 aliphatic heterocycles. The summed E-state index contributed by atoms with van der Waals surface area (Å²) < 4.78 is 5.75. The zero-order valence-corrected chi connectivity index (χ0v) is 8.13. The number of hydrogen-bond acceptors (Lipinski definition) is 2. The third-order valence-corrected chi connectivity index (χ3v) is 2.64. The maximum absolute atomic E-state index is 9.61. The summed E-state index contributed by atoms with van der Waals surface area (Å²) >= 11 is 0. The van der Waals surface area contributed by atoms with Crippen LogP contribution in [-0.4, -0.2) is 22.4 Å². The van der Waals surface area contributed by atoms with Crippen molar-refractivity contribution < 1.29 is 9.84 Å². The van der Waals surface area contributed by atoms with Gasteiger partial charge in [0.05, 0.1) is 17.3 Å². The number of aliphatic hydroxyl groups is 1. The van der Waals surface area contributed by atoms with E-state index in [4.69, 9.17) is 4.74 Å². The van der Waals surface area contributed by atoms with Crippen molar-refractivity contribution in [3.05, 3.63) is 12.7 Å². The minimum atomic E-state index is -0.443. The second-order valence-corrected chi connectivity index (χ2v) is 4.28. The topological polar surface area (TPSA) is 29.5 Å². The second kappa shape index (κ2) is 2.86. The first-order chi connectivity index (χ1) is 5.40. The van der Waals surface area contributed by atoms with Crippen LogP contribution < -0.4 is 0 Å². The Balaban J connectivity index is 2.75. The van der Waals surface area contributed by atoms with E-state index in [2.05, 4.69) is 6.58 Å².